The molecular formula is C11H16N2O2. The second kappa shape index (κ2) is 5.46. The van der Waals surface area contributed by atoms with Crippen molar-refractivity contribution in [3.05, 3.63) is 30.1 Å². The van der Waals surface area contributed by atoms with Crippen LogP contribution in [0.3, 0.4) is 0 Å². The molecule has 1 N–H and O–H groups in total. The lowest BCUT2D eigenvalue weighted by Gasteiger charge is -2.26. The van der Waals surface area contributed by atoms with E-state index in [-0.39, 0.29) is 12.6 Å². The number of pyridine rings is 1. The molecule has 0 fully saturated rings. The van der Waals surface area contributed by atoms with Crippen molar-refractivity contribution >= 4 is 5.97 Å². The largest absolute Gasteiger partial charge is 0.480 e. The summed E-state index contributed by atoms with van der Waals surface area (Å²) in [6.07, 6.45) is 3.45. The van der Waals surface area contributed by atoms with Crippen molar-refractivity contribution in [2.75, 3.05) is 13.1 Å². The zero-order valence-electron chi connectivity index (χ0n) is 9.05. The first-order chi connectivity index (χ1) is 7.15. The van der Waals surface area contributed by atoms with Gasteiger partial charge in [-0.1, -0.05) is 6.92 Å². The number of nitrogens with zero attached hydrogens (tertiary/aromatic N) is 2. The Bertz CT molecular complexity index is 314. The highest BCUT2D eigenvalue weighted by Crippen LogP contribution is 2.18. The predicted octanol–water partition coefficient (Wildman–Crippen LogP) is 1.55. The number of hydrogen-bond acceptors (Lipinski definition) is 3. The molecule has 0 radical (unpaired) electrons. The van der Waals surface area contributed by atoms with E-state index < -0.39 is 5.97 Å². The third-order valence-corrected chi connectivity index (χ3v) is 2.48. The summed E-state index contributed by atoms with van der Waals surface area (Å²) in [7, 11) is 0. The van der Waals surface area contributed by atoms with Gasteiger partial charge in [-0.05, 0) is 31.2 Å². The van der Waals surface area contributed by atoms with Crippen LogP contribution in [0.2, 0.25) is 0 Å². The van der Waals surface area contributed by atoms with E-state index in [2.05, 4.69) is 4.98 Å². The second-order valence-electron chi connectivity index (χ2n) is 3.41. The average Bonchev–Trinajstić information content (AvgIpc) is 2.26. The second-order valence-corrected chi connectivity index (χ2v) is 3.41. The molecule has 1 heterocycles. The highest BCUT2D eigenvalue weighted by Gasteiger charge is 2.16. The van der Waals surface area contributed by atoms with Crippen LogP contribution in [0.25, 0.3) is 0 Å². The lowest BCUT2D eigenvalue weighted by molar-refractivity contribution is -0.138. The summed E-state index contributed by atoms with van der Waals surface area (Å²) in [6.45, 7) is 4.75. The van der Waals surface area contributed by atoms with E-state index in [1.807, 2.05) is 30.9 Å². The third-order valence-electron chi connectivity index (χ3n) is 2.48. The van der Waals surface area contributed by atoms with Gasteiger partial charge in [0.25, 0.3) is 0 Å². The molecule has 1 unspecified atom stereocenters. The smallest absolute Gasteiger partial charge is 0.317 e. The van der Waals surface area contributed by atoms with E-state index in [4.69, 9.17) is 5.11 Å². The van der Waals surface area contributed by atoms with Crippen LogP contribution in [0.4, 0.5) is 0 Å². The van der Waals surface area contributed by atoms with Gasteiger partial charge < -0.3 is 5.11 Å². The van der Waals surface area contributed by atoms with Crippen molar-refractivity contribution in [3.63, 3.8) is 0 Å². The van der Waals surface area contributed by atoms with Crippen LogP contribution in [0.1, 0.15) is 25.5 Å². The van der Waals surface area contributed by atoms with Gasteiger partial charge in [0.1, 0.15) is 0 Å². The molecule has 1 atom stereocenters. The fraction of sp³-hybridized carbons (Fsp3) is 0.455. The van der Waals surface area contributed by atoms with E-state index in [0.29, 0.717) is 0 Å². The Morgan fingerprint density at radius 3 is 2.60 bits per heavy atom. The summed E-state index contributed by atoms with van der Waals surface area (Å²) < 4.78 is 0. The molecule has 0 saturated carbocycles. The van der Waals surface area contributed by atoms with Crippen molar-refractivity contribution < 1.29 is 9.90 Å². The summed E-state index contributed by atoms with van der Waals surface area (Å²) in [4.78, 5) is 16.5. The topological polar surface area (TPSA) is 53.4 Å². The van der Waals surface area contributed by atoms with Crippen molar-refractivity contribution in [1.82, 2.24) is 9.88 Å². The third kappa shape index (κ3) is 3.32. The minimum absolute atomic E-state index is 0.0694. The van der Waals surface area contributed by atoms with E-state index in [9.17, 15) is 4.79 Å². The van der Waals surface area contributed by atoms with Crippen LogP contribution >= 0.6 is 0 Å². The highest BCUT2D eigenvalue weighted by molar-refractivity contribution is 5.69. The minimum Gasteiger partial charge on any atom is -0.480 e. The maximum atomic E-state index is 10.7. The van der Waals surface area contributed by atoms with Crippen molar-refractivity contribution in [2.45, 2.75) is 19.9 Å². The molecule has 0 bridgehead atoms. The molecule has 0 spiro atoms. The number of hydrogen-bond donors (Lipinski definition) is 1. The lowest BCUT2D eigenvalue weighted by Crippen LogP contribution is -2.32. The zero-order valence-corrected chi connectivity index (χ0v) is 9.05. The summed E-state index contributed by atoms with van der Waals surface area (Å²) in [6, 6.07) is 3.93. The van der Waals surface area contributed by atoms with Gasteiger partial charge in [0.05, 0.1) is 6.54 Å². The Morgan fingerprint density at radius 2 is 2.13 bits per heavy atom. The standard InChI is InChI=1S/C11H16N2O2/c1-3-13(8-11(14)15)9(2)10-4-6-12-7-5-10/h4-7,9H,3,8H2,1-2H3,(H,14,15). The van der Waals surface area contributed by atoms with Crippen LogP contribution in [0.5, 0.6) is 0 Å². The number of carboxylic acids is 1. The van der Waals surface area contributed by atoms with Gasteiger partial charge in [-0.15, -0.1) is 0 Å². The van der Waals surface area contributed by atoms with E-state index in [0.717, 1.165) is 12.1 Å². The number of carboxylic acid groups (broad SMARTS) is 1. The molecule has 0 aliphatic carbocycles. The molecular weight excluding hydrogens is 192 g/mol. The van der Waals surface area contributed by atoms with Gasteiger partial charge in [-0.2, -0.15) is 0 Å². The van der Waals surface area contributed by atoms with Crippen molar-refractivity contribution in [2.24, 2.45) is 0 Å². The summed E-state index contributed by atoms with van der Waals surface area (Å²) in [5.74, 6) is -0.794. The molecule has 0 aliphatic rings. The fourth-order valence-electron chi connectivity index (χ4n) is 1.55. The first-order valence-corrected chi connectivity index (χ1v) is 5.01. The lowest BCUT2D eigenvalue weighted by atomic mass is 10.1. The molecule has 15 heavy (non-hydrogen) atoms. The van der Waals surface area contributed by atoms with Gasteiger partial charge in [-0.25, -0.2) is 0 Å². The van der Waals surface area contributed by atoms with E-state index >= 15 is 0 Å². The molecule has 0 saturated heterocycles. The zero-order chi connectivity index (χ0) is 11.3. The first-order valence-electron chi connectivity index (χ1n) is 5.01. The Morgan fingerprint density at radius 1 is 1.53 bits per heavy atom. The van der Waals surface area contributed by atoms with E-state index in [1.165, 1.54) is 0 Å². The molecule has 82 valence electrons. The molecule has 0 aromatic carbocycles. The Hall–Kier alpha value is -1.42. The average molecular weight is 208 g/mol. The summed E-state index contributed by atoms with van der Waals surface area (Å²) in [5.41, 5.74) is 1.09. The number of rotatable bonds is 5. The molecule has 0 amide bonds. The van der Waals surface area contributed by atoms with Gasteiger partial charge in [-0.3, -0.25) is 14.7 Å². The first kappa shape index (κ1) is 11.7. The predicted molar refractivity (Wildman–Crippen MR) is 57.5 cm³/mol. The molecule has 0 aliphatic heterocycles. The summed E-state index contributed by atoms with van der Waals surface area (Å²) in [5, 5.41) is 8.76. The van der Waals surface area contributed by atoms with Gasteiger partial charge in [0.15, 0.2) is 0 Å². The number of likely N-dealkylation sites (N-methyl/N-ethyl adjacent to an activating group) is 1. The maximum Gasteiger partial charge on any atom is 0.317 e. The highest BCUT2D eigenvalue weighted by atomic mass is 16.4. The Labute approximate surface area is 89.6 Å². The quantitative estimate of drug-likeness (QED) is 0.797. The summed E-state index contributed by atoms with van der Waals surface area (Å²) >= 11 is 0. The number of aromatic nitrogens is 1. The molecule has 1 aromatic heterocycles. The van der Waals surface area contributed by atoms with E-state index in [1.54, 1.807) is 12.4 Å². The van der Waals surface area contributed by atoms with Crippen molar-refractivity contribution in [1.29, 1.82) is 0 Å². The van der Waals surface area contributed by atoms with Crippen LogP contribution in [0, 0.1) is 0 Å². The Kier molecular flexibility index (Phi) is 4.24. The van der Waals surface area contributed by atoms with Crippen LogP contribution in [-0.2, 0) is 4.79 Å². The number of aliphatic carboxylic acids is 1. The minimum atomic E-state index is -0.794. The van der Waals surface area contributed by atoms with Crippen molar-refractivity contribution in [3.8, 4) is 0 Å². The normalized spacial score (nSPS) is 12.7. The monoisotopic (exact) mass is 208 g/mol. The fourth-order valence-corrected chi connectivity index (χ4v) is 1.55. The molecule has 1 rings (SSSR count). The van der Waals surface area contributed by atoms with Gasteiger partial charge >= 0.3 is 5.97 Å². The SMILES string of the molecule is CCN(CC(=O)O)C(C)c1ccncc1. The molecule has 4 heteroatoms. The van der Waals surface area contributed by atoms with Crippen LogP contribution in [0.15, 0.2) is 24.5 Å². The van der Waals surface area contributed by atoms with Gasteiger partial charge in [0.2, 0.25) is 0 Å². The molecule has 4 nitrogen and oxygen atoms in total. The Balaban J connectivity index is 2.73. The number of carbonyl (C=O) groups is 1. The van der Waals surface area contributed by atoms with Gasteiger partial charge in [0, 0.05) is 18.4 Å². The van der Waals surface area contributed by atoms with Crippen LogP contribution < -0.4 is 0 Å². The molecule has 1 aromatic rings. The maximum absolute atomic E-state index is 10.7. The van der Waals surface area contributed by atoms with Crippen LogP contribution in [-0.4, -0.2) is 34.0 Å².